The van der Waals surface area contributed by atoms with Crippen molar-refractivity contribution in [2.45, 2.75) is 17.9 Å². The molecule has 13 heteroatoms. The molecule has 10 nitrogen and oxygen atoms in total. The molecule has 0 radical (unpaired) electrons. The predicted octanol–water partition coefficient (Wildman–Crippen LogP) is 3.20. The number of hydrogen-bond donors (Lipinski definition) is 0. The van der Waals surface area contributed by atoms with Gasteiger partial charge in [0.1, 0.15) is 28.0 Å². The van der Waals surface area contributed by atoms with Crippen LogP contribution in [-0.2, 0) is 14.8 Å². The lowest BCUT2D eigenvalue weighted by Crippen LogP contribution is -2.54. The van der Waals surface area contributed by atoms with Gasteiger partial charge in [0.2, 0.25) is 15.9 Å². The molecular formula is C29H28F2N6O4S. The number of nitrogens with zero attached hydrogens (tertiary/aromatic N) is 6. The number of fused-ring (bicyclic) bond motifs is 1. The lowest BCUT2D eigenvalue weighted by atomic mass is 10.1. The van der Waals surface area contributed by atoms with Crippen molar-refractivity contribution >= 4 is 32.8 Å². The first-order valence-corrected chi connectivity index (χ1v) is 14.5. The highest BCUT2D eigenvalue weighted by Gasteiger charge is 2.31. The highest BCUT2D eigenvalue weighted by molar-refractivity contribution is 7.89. The van der Waals surface area contributed by atoms with Crippen molar-refractivity contribution in [3.05, 3.63) is 89.4 Å². The monoisotopic (exact) mass is 594 g/mol. The Bertz CT molecular complexity index is 1890. The van der Waals surface area contributed by atoms with Crippen LogP contribution in [0, 0.1) is 11.6 Å². The smallest absolute Gasteiger partial charge is 0.350 e. The summed E-state index contributed by atoms with van der Waals surface area (Å²) < 4.78 is 59.0. The lowest BCUT2D eigenvalue weighted by Gasteiger charge is -2.40. The summed E-state index contributed by atoms with van der Waals surface area (Å²) in [4.78, 5) is 37.9. The Hall–Kier alpha value is -4.49. The molecule has 1 amide bonds. The third-order valence-corrected chi connectivity index (χ3v) is 9.04. The van der Waals surface area contributed by atoms with Gasteiger partial charge < -0.3 is 9.80 Å². The molecule has 0 saturated carbocycles. The summed E-state index contributed by atoms with van der Waals surface area (Å²) in [5, 5.41) is 0.111. The Balaban J connectivity index is 1.82. The van der Waals surface area contributed by atoms with Gasteiger partial charge in [-0.3, -0.25) is 4.79 Å². The molecule has 1 atom stereocenters. The van der Waals surface area contributed by atoms with E-state index in [0.29, 0.717) is 13.1 Å². The molecule has 0 spiro atoms. The van der Waals surface area contributed by atoms with Crippen LogP contribution in [0.3, 0.4) is 0 Å². The third kappa shape index (κ3) is 4.94. The molecular weight excluding hydrogens is 566 g/mol. The van der Waals surface area contributed by atoms with Gasteiger partial charge in [0.25, 0.3) is 0 Å². The fraction of sp³-hybridized carbons (Fsp3) is 0.241. The predicted molar refractivity (Wildman–Crippen MR) is 155 cm³/mol. The molecule has 1 fully saturated rings. The van der Waals surface area contributed by atoms with E-state index in [2.05, 4.69) is 16.5 Å². The first kappa shape index (κ1) is 29.0. The largest absolute Gasteiger partial charge is 0.355 e. The number of aromatic nitrogens is 3. The SMILES string of the molecule is C=CC(=O)N1CCN(c2nc(=O)n(-c3ccccc3S(=O)(=O)N(C)C)c3nc(-c4ccccc4F)c(F)cc23)[C@@H](C)C1. The molecule has 3 heterocycles. The minimum atomic E-state index is -4.05. The number of amides is 1. The number of anilines is 1. The summed E-state index contributed by atoms with van der Waals surface area (Å²) in [6.07, 6.45) is 1.22. The highest BCUT2D eigenvalue weighted by atomic mass is 32.2. The standard InChI is InChI=1S/C29H28F2N6O4S/c1-5-25(38)35-14-15-36(18(2)17-35)27-20-16-22(31)26(19-10-6-7-11-21(19)30)32-28(20)37(29(39)33-27)23-12-8-9-13-24(23)42(40,41)34(3)4/h5-13,16,18H,1,14-15,17H2,2-4H3/t18-/m0/s1. The topological polar surface area (TPSA) is 109 Å². The average molecular weight is 595 g/mol. The number of para-hydroxylation sites is 1. The first-order chi connectivity index (χ1) is 19.9. The number of sulfonamides is 1. The van der Waals surface area contributed by atoms with Gasteiger partial charge in [0.05, 0.1) is 11.1 Å². The molecule has 1 saturated heterocycles. The number of benzene rings is 2. The maximum atomic E-state index is 15.7. The van der Waals surface area contributed by atoms with Crippen LogP contribution in [0.4, 0.5) is 14.6 Å². The van der Waals surface area contributed by atoms with Crippen LogP contribution in [0.25, 0.3) is 28.0 Å². The zero-order valence-electron chi connectivity index (χ0n) is 23.2. The van der Waals surface area contributed by atoms with Crippen molar-refractivity contribution in [3.8, 4) is 16.9 Å². The maximum absolute atomic E-state index is 15.7. The number of pyridine rings is 1. The van der Waals surface area contributed by atoms with E-state index in [0.717, 1.165) is 21.0 Å². The molecule has 0 bridgehead atoms. The molecule has 218 valence electrons. The molecule has 2 aromatic carbocycles. The molecule has 0 unspecified atom stereocenters. The van der Waals surface area contributed by atoms with Crippen LogP contribution < -0.4 is 10.6 Å². The number of carbonyl (C=O) groups excluding carboxylic acids is 1. The fourth-order valence-corrected chi connectivity index (χ4v) is 6.11. The van der Waals surface area contributed by atoms with Gasteiger partial charge in [-0.25, -0.2) is 35.8 Å². The Morgan fingerprint density at radius 2 is 1.74 bits per heavy atom. The van der Waals surface area contributed by atoms with Crippen LogP contribution in [0.5, 0.6) is 0 Å². The van der Waals surface area contributed by atoms with Gasteiger partial charge in [-0.05, 0) is 43.3 Å². The second-order valence-electron chi connectivity index (χ2n) is 10.0. The minimum absolute atomic E-state index is 0.0479. The molecule has 0 aliphatic carbocycles. The minimum Gasteiger partial charge on any atom is -0.350 e. The van der Waals surface area contributed by atoms with E-state index in [-0.39, 0.29) is 57.2 Å². The van der Waals surface area contributed by atoms with E-state index in [1.54, 1.807) is 15.9 Å². The van der Waals surface area contributed by atoms with Crippen molar-refractivity contribution < 1.29 is 22.0 Å². The van der Waals surface area contributed by atoms with Crippen molar-refractivity contribution in [3.63, 3.8) is 0 Å². The second kappa shape index (κ2) is 11.1. The summed E-state index contributed by atoms with van der Waals surface area (Å²) >= 11 is 0. The number of hydrogen-bond acceptors (Lipinski definition) is 7. The van der Waals surface area contributed by atoms with Crippen LogP contribution in [0.1, 0.15) is 6.92 Å². The quantitative estimate of drug-likeness (QED) is 0.316. The van der Waals surface area contributed by atoms with E-state index < -0.39 is 27.3 Å². The molecule has 42 heavy (non-hydrogen) atoms. The zero-order chi connectivity index (χ0) is 30.3. The van der Waals surface area contributed by atoms with Gasteiger partial charge >= 0.3 is 5.69 Å². The fourth-order valence-electron chi connectivity index (χ4n) is 5.04. The number of rotatable bonds is 6. The van der Waals surface area contributed by atoms with Crippen LogP contribution in [-0.4, -0.2) is 77.8 Å². The summed E-state index contributed by atoms with van der Waals surface area (Å²) in [5.74, 6) is -1.71. The van der Waals surface area contributed by atoms with Gasteiger partial charge in [-0.15, -0.1) is 0 Å². The van der Waals surface area contributed by atoms with Crippen molar-refractivity contribution in [2.24, 2.45) is 0 Å². The maximum Gasteiger partial charge on any atom is 0.355 e. The number of piperazine rings is 1. The summed E-state index contributed by atoms with van der Waals surface area (Å²) in [6.45, 7) is 6.23. The molecule has 1 aliphatic heterocycles. The molecule has 1 aliphatic rings. The number of carbonyl (C=O) groups is 1. The highest BCUT2D eigenvalue weighted by Crippen LogP contribution is 2.33. The second-order valence-corrected chi connectivity index (χ2v) is 12.1. The zero-order valence-corrected chi connectivity index (χ0v) is 24.0. The normalized spacial score (nSPS) is 15.8. The Kier molecular flexibility index (Phi) is 7.64. The summed E-state index contributed by atoms with van der Waals surface area (Å²) in [5.41, 5.74) is -1.51. The summed E-state index contributed by atoms with van der Waals surface area (Å²) in [7, 11) is -1.33. The Labute approximate surface area is 241 Å². The summed E-state index contributed by atoms with van der Waals surface area (Å²) in [6, 6.07) is 12.1. The Morgan fingerprint density at radius 3 is 2.40 bits per heavy atom. The molecule has 0 N–H and O–H groups in total. The third-order valence-electron chi connectivity index (χ3n) is 7.18. The number of halogens is 2. The van der Waals surface area contributed by atoms with Crippen molar-refractivity contribution in [2.75, 3.05) is 38.6 Å². The van der Waals surface area contributed by atoms with E-state index in [1.807, 2.05) is 6.92 Å². The lowest BCUT2D eigenvalue weighted by molar-refractivity contribution is -0.126. The van der Waals surface area contributed by atoms with Gasteiger partial charge in [0, 0.05) is 45.3 Å². The van der Waals surface area contributed by atoms with Crippen LogP contribution in [0.2, 0.25) is 0 Å². The van der Waals surface area contributed by atoms with Crippen LogP contribution in [0.15, 0.2) is 76.9 Å². The van der Waals surface area contributed by atoms with E-state index >= 15 is 4.39 Å². The first-order valence-electron chi connectivity index (χ1n) is 13.0. The molecule has 5 rings (SSSR count). The van der Waals surface area contributed by atoms with E-state index in [1.165, 1.54) is 56.6 Å². The van der Waals surface area contributed by atoms with Crippen molar-refractivity contribution in [1.29, 1.82) is 0 Å². The van der Waals surface area contributed by atoms with Gasteiger partial charge in [0.15, 0.2) is 5.65 Å². The van der Waals surface area contributed by atoms with Crippen molar-refractivity contribution in [1.82, 2.24) is 23.7 Å². The van der Waals surface area contributed by atoms with E-state index in [9.17, 15) is 22.4 Å². The Morgan fingerprint density at radius 1 is 1.05 bits per heavy atom. The molecule has 2 aromatic heterocycles. The van der Waals surface area contributed by atoms with Crippen LogP contribution >= 0.6 is 0 Å². The molecule has 4 aromatic rings. The van der Waals surface area contributed by atoms with Gasteiger partial charge in [-0.1, -0.05) is 30.8 Å². The average Bonchev–Trinajstić information content (AvgIpc) is 2.96. The van der Waals surface area contributed by atoms with Gasteiger partial charge in [-0.2, -0.15) is 4.98 Å². The van der Waals surface area contributed by atoms with E-state index in [4.69, 9.17) is 0 Å².